The molecule has 0 radical (unpaired) electrons. The first-order valence-electron chi connectivity index (χ1n) is 8.26. The van der Waals surface area contributed by atoms with Crippen molar-refractivity contribution in [1.29, 1.82) is 0 Å². The van der Waals surface area contributed by atoms with E-state index in [1.54, 1.807) is 0 Å². The lowest BCUT2D eigenvalue weighted by Gasteiger charge is -2.10. The number of benzene rings is 1. The van der Waals surface area contributed by atoms with Crippen molar-refractivity contribution in [3.8, 4) is 5.75 Å². The van der Waals surface area contributed by atoms with Crippen LogP contribution in [0.3, 0.4) is 0 Å². The molecule has 0 aliphatic carbocycles. The number of hydrogen-bond acceptors (Lipinski definition) is 6. The van der Waals surface area contributed by atoms with Gasteiger partial charge >= 0.3 is 5.97 Å². The fourth-order valence-corrected chi connectivity index (χ4v) is 3.58. The van der Waals surface area contributed by atoms with E-state index in [4.69, 9.17) is 9.47 Å². The fourth-order valence-electron chi connectivity index (χ4n) is 2.59. The van der Waals surface area contributed by atoms with E-state index in [2.05, 4.69) is 4.98 Å². The Morgan fingerprint density at radius 1 is 1.19 bits per heavy atom. The van der Waals surface area contributed by atoms with E-state index >= 15 is 0 Å². The van der Waals surface area contributed by atoms with Crippen molar-refractivity contribution in [2.75, 3.05) is 13.2 Å². The van der Waals surface area contributed by atoms with Crippen molar-refractivity contribution in [2.45, 2.75) is 27.3 Å². The van der Waals surface area contributed by atoms with Crippen LogP contribution in [0.1, 0.15) is 16.0 Å². The first kappa shape index (κ1) is 18.1. The third kappa shape index (κ3) is 3.77. The van der Waals surface area contributed by atoms with Gasteiger partial charge in [0, 0.05) is 4.88 Å². The molecule has 3 aromatic rings. The van der Waals surface area contributed by atoms with Crippen molar-refractivity contribution in [2.24, 2.45) is 0 Å². The zero-order valence-electron chi connectivity index (χ0n) is 14.9. The molecule has 0 fully saturated rings. The predicted octanol–water partition coefficient (Wildman–Crippen LogP) is 3.01. The lowest BCUT2D eigenvalue weighted by molar-refractivity contribution is -0.145. The van der Waals surface area contributed by atoms with Crippen LogP contribution in [0.15, 0.2) is 35.4 Å². The van der Waals surface area contributed by atoms with Gasteiger partial charge in [0.1, 0.15) is 30.3 Å². The van der Waals surface area contributed by atoms with E-state index in [9.17, 15) is 9.59 Å². The quantitative estimate of drug-likeness (QED) is 0.491. The maximum atomic E-state index is 12.5. The average molecular weight is 372 g/mol. The lowest BCUT2D eigenvalue weighted by Crippen LogP contribution is -2.26. The SMILES string of the molecule is Cc1ccccc1OCCOC(=O)Cn1cnc2sc(C)c(C)c2c1=O. The van der Waals surface area contributed by atoms with Crippen LogP contribution in [0, 0.1) is 20.8 Å². The molecule has 0 aliphatic heterocycles. The number of ether oxygens (including phenoxy) is 2. The number of thiophene rings is 1. The molecule has 0 spiro atoms. The van der Waals surface area contributed by atoms with Gasteiger partial charge in [0.2, 0.25) is 0 Å². The summed E-state index contributed by atoms with van der Waals surface area (Å²) in [6.07, 6.45) is 1.39. The summed E-state index contributed by atoms with van der Waals surface area (Å²) in [5.41, 5.74) is 1.72. The molecule has 26 heavy (non-hydrogen) atoms. The fraction of sp³-hybridized carbons (Fsp3) is 0.316. The van der Waals surface area contributed by atoms with Crippen LogP contribution in [0.4, 0.5) is 0 Å². The topological polar surface area (TPSA) is 70.4 Å². The van der Waals surface area contributed by atoms with E-state index in [-0.39, 0.29) is 25.3 Å². The summed E-state index contributed by atoms with van der Waals surface area (Å²) in [4.78, 5) is 30.6. The van der Waals surface area contributed by atoms with Gasteiger partial charge in [-0.15, -0.1) is 11.3 Å². The molecule has 0 bridgehead atoms. The van der Waals surface area contributed by atoms with Crippen LogP contribution in [-0.2, 0) is 16.1 Å². The minimum Gasteiger partial charge on any atom is -0.490 e. The predicted molar refractivity (Wildman–Crippen MR) is 101 cm³/mol. The van der Waals surface area contributed by atoms with Gasteiger partial charge in [-0.05, 0) is 38.0 Å². The Bertz CT molecular complexity index is 1010. The molecule has 0 atom stereocenters. The zero-order valence-corrected chi connectivity index (χ0v) is 15.8. The second kappa shape index (κ2) is 7.70. The molecule has 2 heterocycles. The molecule has 0 aliphatic rings. The summed E-state index contributed by atoms with van der Waals surface area (Å²) in [6, 6.07) is 7.63. The summed E-state index contributed by atoms with van der Waals surface area (Å²) < 4.78 is 12.0. The van der Waals surface area contributed by atoms with Crippen molar-refractivity contribution >= 4 is 27.5 Å². The standard InChI is InChI=1S/C19H20N2O4S/c1-12-6-4-5-7-15(12)24-8-9-25-16(22)10-21-11-20-18-17(19(21)23)13(2)14(3)26-18/h4-7,11H,8-10H2,1-3H3. The Kier molecular flexibility index (Phi) is 5.37. The number of carbonyl (C=O) groups is 1. The first-order valence-corrected chi connectivity index (χ1v) is 9.08. The lowest BCUT2D eigenvalue weighted by atomic mass is 10.2. The van der Waals surface area contributed by atoms with Crippen molar-refractivity contribution < 1.29 is 14.3 Å². The second-order valence-corrected chi connectivity index (χ2v) is 7.18. The number of carbonyl (C=O) groups excluding carboxylic acids is 1. The van der Waals surface area contributed by atoms with Gasteiger partial charge in [-0.25, -0.2) is 4.98 Å². The maximum Gasteiger partial charge on any atom is 0.326 e. The Morgan fingerprint density at radius 3 is 2.73 bits per heavy atom. The molecule has 2 aromatic heterocycles. The van der Waals surface area contributed by atoms with Crippen molar-refractivity contribution in [1.82, 2.24) is 9.55 Å². The Morgan fingerprint density at radius 2 is 1.96 bits per heavy atom. The minimum absolute atomic E-state index is 0.119. The van der Waals surface area contributed by atoms with Gasteiger partial charge in [0.25, 0.3) is 5.56 Å². The molecule has 0 unspecified atom stereocenters. The summed E-state index contributed by atoms with van der Waals surface area (Å²) in [6.45, 7) is 6.00. The minimum atomic E-state index is -0.494. The number of hydrogen-bond donors (Lipinski definition) is 0. The molecule has 0 saturated heterocycles. The summed E-state index contributed by atoms with van der Waals surface area (Å²) in [5.74, 6) is 0.268. The van der Waals surface area contributed by atoms with Gasteiger partial charge in [0.15, 0.2) is 0 Å². The van der Waals surface area contributed by atoms with Gasteiger partial charge in [0.05, 0.1) is 11.7 Å². The molecule has 3 rings (SSSR count). The van der Waals surface area contributed by atoms with Crippen molar-refractivity contribution in [3.63, 3.8) is 0 Å². The number of fused-ring (bicyclic) bond motifs is 1. The van der Waals surface area contributed by atoms with Crippen LogP contribution in [0.2, 0.25) is 0 Å². The molecule has 7 heteroatoms. The Hall–Kier alpha value is -2.67. The van der Waals surface area contributed by atoms with E-state index in [1.165, 1.54) is 22.2 Å². The summed E-state index contributed by atoms with van der Waals surface area (Å²) in [5, 5.41) is 0.575. The number of aromatic nitrogens is 2. The van der Waals surface area contributed by atoms with E-state index in [0.29, 0.717) is 10.2 Å². The van der Waals surface area contributed by atoms with Gasteiger partial charge in [-0.3, -0.25) is 14.2 Å². The molecule has 0 amide bonds. The number of aryl methyl sites for hydroxylation is 3. The van der Waals surface area contributed by atoms with Gasteiger partial charge in [-0.1, -0.05) is 18.2 Å². The molecule has 0 saturated carbocycles. The van der Waals surface area contributed by atoms with Crippen LogP contribution in [0.25, 0.3) is 10.2 Å². The Labute approximate surface area is 155 Å². The number of nitrogens with zero attached hydrogens (tertiary/aromatic N) is 2. The summed E-state index contributed by atoms with van der Waals surface area (Å²) in [7, 11) is 0. The molecule has 0 N–H and O–H groups in total. The molecule has 6 nitrogen and oxygen atoms in total. The van der Waals surface area contributed by atoms with Crippen LogP contribution >= 0.6 is 11.3 Å². The van der Waals surface area contributed by atoms with Crippen molar-refractivity contribution in [3.05, 3.63) is 57.0 Å². The highest BCUT2D eigenvalue weighted by Gasteiger charge is 2.14. The van der Waals surface area contributed by atoms with E-state index < -0.39 is 5.97 Å². The second-order valence-electron chi connectivity index (χ2n) is 5.98. The average Bonchev–Trinajstić information content (AvgIpc) is 2.91. The zero-order chi connectivity index (χ0) is 18.7. The molecule has 136 valence electrons. The normalized spacial score (nSPS) is 10.9. The number of rotatable bonds is 6. The first-order chi connectivity index (χ1) is 12.5. The Balaban J connectivity index is 1.58. The van der Waals surface area contributed by atoms with Crippen LogP contribution in [0.5, 0.6) is 5.75 Å². The number of esters is 1. The van der Waals surface area contributed by atoms with Gasteiger partial charge in [-0.2, -0.15) is 0 Å². The third-order valence-corrected chi connectivity index (χ3v) is 5.27. The van der Waals surface area contributed by atoms with Crippen LogP contribution in [-0.4, -0.2) is 28.7 Å². The highest BCUT2D eigenvalue weighted by Crippen LogP contribution is 2.25. The molecule has 1 aromatic carbocycles. The number of para-hydroxylation sites is 1. The summed E-state index contributed by atoms with van der Waals surface area (Å²) >= 11 is 1.48. The molecular formula is C19H20N2O4S. The van der Waals surface area contributed by atoms with Crippen LogP contribution < -0.4 is 10.3 Å². The highest BCUT2D eigenvalue weighted by molar-refractivity contribution is 7.18. The third-order valence-electron chi connectivity index (χ3n) is 4.15. The maximum absolute atomic E-state index is 12.5. The monoisotopic (exact) mass is 372 g/mol. The largest absolute Gasteiger partial charge is 0.490 e. The van der Waals surface area contributed by atoms with E-state index in [0.717, 1.165) is 21.8 Å². The van der Waals surface area contributed by atoms with Gasteiger partial charge < -0.3 is 9.47 Å². The molecular weight excluding hydrogens is 352 g/mol. The highest BCUT2D eigenvalue weighted by atomic mass is 32.1. The smallest absolute Gasteiger partial charge is 0.326 e. The van der Waals surface area contributed by atoms with E-state index in [1.807, 2.05) is 45.0 Å².